The largest absolute Gasteiger partial charge is 0.481 e. The Morgan fingerprint density at radius 3 is 2.59 bits per heavy atom. The summed E-state index contributed by atoms with van der Waals surface area (Å²) < 4.78 is 10.6. The molecule has 1 heterocycles. The molecule has 0 spiro atoms. The van der Waals surface area contributed by atoms with Gasteiger partial charge in [0, 0.05) is 6.04 Å². The average molecular weight is 299 g/mol. The van der Waals surface area contributed by atoms with Gasteiger partial charge in [-0.15, -0.1) is 0 Å². The summed E-state index contributed by atoms with van der Waals surface area (Å²) in [6, 6.07) is 14.2. The van der Waals surface area contributed by atoms with Crippen LogP contribution in [0.2, 0.25) is 0 Å². The maximum absolute atomic E-state index is 11.6. The first-order valence-electron chi connectivity index (χ1n) is 7.07. The topological polar surface area (TPSA) is 81.8 Å². The number of carboxylic acids is 1. The Bertz CT molecular complexity index is 672. The molecule has 3 N–H and O–H groups in total. The minimum absolute atomic E-state index is 0.181. The molecular formula is C17H17NO4. The molecule has 5 nitrogen and oxygen atoms in total. The van der Waals surface area contributed by atoms with Crippen molar-refractivity contribution in [3.05, 3.63) is 59.7 Å². The van der Waals surface area contributed by atoms with E-state index in [2.05, 4.69) is 0 Å². The number of rotatable bonds is 5. The molecular weight excluding hydrogens is 282 g/mol. The molecule has 2 aromatic rings. The van der Waals surface area contributed by atoms with Crippen LogP contribution in [0.5, 0.6) is 11.5 Å². The van der Waals surface area contributed by atoms with E-state index in [9.17, 15) is 9.90 Å². The van der Waals surface area contributed by atoms with E-state index in [-0.39, 0.29) is 6.79 Å². The highest BCUT2D eigenvalue weighted by Crippen LogP contribution is 2.35. The van der Waals surface area contributed by atoms with E-state index >= 15 is 0 Å². The van der Waals surface area contributed by atoms with E-state index in [1.165, 1.54) is 0 Å². The van der Waals surface area contributed by atoms with E-state index < -0.39 is 17.9 Å². The normalized spacial score (nSPS) is 15.3. The second kappa shape index (κ2) is 6.07. The zero-order valence-corrected chi connectivity index (χ0v) is 11.9. The number of carbonyl (C=O) groups is 1. The van der Waals surface area contributed by atoms with Crippen molar-refractivity contribution in [1.29, 1.82) is 0 Å². The molecule has 0 bridgehead atoms. The molecule has 0 aliphatic carbocycles. The smallest absolute Gasteiger partial charge is 0.308 e. The zero-order chi connectivity index (χ0) is 15.5. The van der Waals surface area contributed by atoms with Crippen LogP contribution in [0.4, 0.5) is 0 Å². The number of nitrogens with two attached hydrogens (primary N) is 1. The highest BCUT2D eigenvalue weighted by molar-refractivity contribution is 5.72. The molecule has 2 unspecified atom stereocenters. The van der Waals surface area contributed by atoms with Crippen LogP contribution >= 0.6 is 0 Å². The predicted molar refractivity (Wildman–Crippen MR) is 80.8 cm³/mol. The van der Waals surface area contributed by atoms with Crippen molar-refractivity contribution in [2.24, 2.45) is 11.7 Å². The summed E-state index contributed by atoms with van der Waals surface area (Å²) in [5.74, 6) is -0.348. The van der Waals surface area contributed by atoms with Crippen molar-refractivity contribution in [3.63, 3.8) is 0 Å². The molecule has 0 fully saturated rings. The first-order chi connectivity index (χ1) is 10.6. The van der Waals surface area contributed by atoms with Gasteiger partial charge in [-0.25, -0.2) is 0 Å². The summed E-state index contributed by atoms with van der Waals surface area (Å²) in [5, 5.41) is 9.52. The molecule has 2 atom stereocenters. The van der Waals surface area contributed by atoms with Gasteiger partial charge in [0.05, 0.1) is 5.92 Å². The summed E-state index contributed by atoms with van der Waals surface area (Å²) in [4.78, 5) is 11.6. The quantitative estimate of drug-likeness (QED) is 0.885. The minimum atomic E-state index is -0.908. The summed E-state index contributed by atoms with van der Waals surface area (Å²) >= 11 is 0. The van der Waals surface area contributed by atoms with Crippen LogP contribution < -0.4 is 15.2 Å². The van der Waals surface area contributed by atoms with Gasteiger partial charge in [-0.05, 0) is 29.7 Å². The van der Waals surface area contributed by atoms with Crippen LogP contribution in [0.1, 0.15) is 17.2 Å². The van der Waals surface area contributed by atoms with Gasteiger partial charge in [0.2, 0.25) is 6.79 Å². The number of carboxylic acid groups (broad SMARTS) is 1. The van der Waals surface area contributed by atoms with Crippen LogP contribution in [0.25, 0.3) is 0 Å². The fourth-order valence-electron chi connectivity index (χ4n) is 2.59. The molecule has 114 valence electrons. The van der Waals surface area contributed by atoms with Crippen molar-refractivity contribution < 1.29 is 19.4 Å². The molecule has 0 saturated heterocycles. The van der Waals surface area contributed by atoms with Gasteiger partial charge in [0.25, 0.3) is 0 Å². The number of fused-ring (bicyclic) bond motifs is 1. The number of hydrogen-bond donors (Lipinski definition) is 2. The summed E-state index contributed by atoms with van der Waals surface area (Å²) in [5.41, 5.74) is 7.88. The van der Waals surface area contributed by atoms with E-state index in [1.807, 2.05) is 30.3 Å². The van der Waals surface area contributed by atoms with Gasteiger partial charge in [0.15, 0.2) is 11.5 Å². The highest BCUT2D eigenvalue weighted by Gasteiger charge is 2.28. The Labute approximate surface area is 128 Å². The Morgan fingerprint density at radius 2 is 1.86 bits per heavy atom. The third-order valence-electron chi connectivity index (χ3n) is 3.83. The highest BCUT2D eigenvalue weighted by atomic mass is 16.7. The van der Waals surface area contributed by atoms with E-state index in [1.54, 1.807) is 18.2 Å². The van der Waals surface area contributed by atoms with Crippen molar-refractivity contribution in [2.75, 3.05) is 6.79 Å². The van der Waals surface area contributed by atoms with Gasteiger partial charge >= 0.3 is 5.97 Å². The number of benzene rings is 2. The SMILES string of the molecule is NC(c1ccc2c(c1)OCO2)C(Cc1ccccc1)C(=O)O. The van der Waals surface area contributed by atoms with Gasteiger partial charge in [-0.1, -0.05) is 36.4 Å². The molecule has 1 aliphatic heterocycles. The summed E-state index contributed by atoms with van der Waals surface area (Å²) in [6.45, 7) is 0.181. The van der Waals surface area contributed by atoms with E-state index in [4.69, 9.17) is 15.2 Å². The molecule has 0 radical (unpaired) electrons. The molecule has 22 heavy (non-hydrogen) atoms. The number of ether oxygens (including phenoxy) is 2. The van der Waals surface area contributed by atoms with Gasteiger partial charge < -0.3 is 20.3 Å². The Morgan fingerprint density at radius 1 is 1.14 bits per heavy atom. The third-order valence-corrected chi connectivity index (χ3v) is 3.83. The van der Waals surface area contributed by atoms with Crippen LogP contribution in [0.3, 0.4) is 0 Å². The third kappa shape index (κ3) is 2.89. The van der Waals surface area contributed by atoms with Crippen molar-refractivity contribution >= 4 is 5.97 Å². The second-order valence-corrected chi connectivity index (χ2v) is 5.27. The predicted octanol–water partition coefficient (Wildman–Crippen LogP) is 2.36. The first-order valence-corrected chi connectivity index (χ1v) is 7.07. The Balaban J connectivity index is 1.83. The maximum atomic E-state index is 11.6. The van der Waals surface area contributed by atoms with E-state index in [0.717, 1.165) is 11.1 Å². The Kier molecular flexibility index (Phi) is 3.98. The van der Waals surface area contributed by atoms with Crippen molar-refractivity contribution in [2.45, 2.75) is 12.5 Å². The van der Waals surface area contributed by atoms with Gasteiger partial charge in [-0.3, -0.25) is 4.79 Å². The van der Waals surface area contributed by atoms with Crippen LogP contribution in [-0.4, -0.2) is 17.9 Å². The van der Waals surface area contributed by atoms with Crippen LogP contribution in [0, 0.1) is 5.92 Å². The lowest BCUT2D eigenvalue weighted by atomic mass is 9.88. The summed E-state index contributed by atoms with van der Waals surface area (Å²) in [6.07, 6.45) is 0.381. The first kappa shape index (κ1) is 14.4. The molecule has 1 aliphatic rings. The monoisotopic (exact) mass is 299 g/mol. The molecule has 2 aromatic carbocycles. The number of aliphatic carboxylic acids is 1. The minimum Gasteiger partial charge on any atom is -0.481 e. The molecule has 0 saturated carbocycles. The maximum Gasteiger partial charge on any atom is 0.308 e. The molecule has 5 heteroatoms. The fourth-order valence-corrected chi connectivity index (χ4v) is 2.59. The van der Waals surface area contributed by atoms with Gasteiger partial charge in [-0.2, -0.15) is 0 Å². The molecule has 3 rings (SSSR count). The fraction of sp³-hybridized carbons (Fsp3) is 0.235. The van der Waals surface area contributed by atoms with E-state index in [0.29, 0.717) is 17.9 Å². The summed E-state index contributed by atoms with van der Waals surface area (Å²) in [7, 11) is 0. The second-order valence-electron chi connectivity index (χ2n) is 5.27. The lowest BCUT2D eigenvalue weighted by molar-refractivity contribution is -0.142. The lowest BCUT2D eigenvalue weighted by Crippen LogP contribution is -2.30. The lowest BCUT2D eigenvalue weighted by Gasteiger charge is -2.21. The number of hydrogen-bond acceptors (Lipinski definition) is 4. The Hall–Kier alpha value is -2.53. The average Bonchev–Trinajstić information content (AvgIpc) is 3.00. The van der Waals surface area contributed by atoms with Gasteiger partial charge in [0.1, 0.15) is 0 Å². The zero-order valence-electron chi connectivity index (χ0n) is 11.9. The standard InChI is InChI=1S/C17H17NO4/c18-16(12-6-7-14-15(9-12)22-10-21-14)13(17(19)20)8-11-4-2-1-3-5-11/h1-7,9,13,16H,8,10,18H2,(H,19,20). The van der Waals surface area contributed by atoms with Crippen LogP contribution in [0.15, 0.2) is 48.5 Å². The molecule has 0 aromatic heterocycles. The van der Waals surface area contributed by atoms with Crippen LogP contribution in [-0.2, 0) is 11.2 Å². The molecule has 0 amide bonds. The van der Waals surface area contributed by atoms with Crippen molar-refractivity contribution in [1.82, 2.24) is 0 Å². The van der Waals surface area contributed by atoms with Crippen molar-refractivity contribution in [3.8, 4) is 11.5 Å².